The Morgan fingerprint density at radius 3 is 2.56 bits per heavy atom. The van der Waals surface area contributed by atoms with Crippen LogP contribution in [0.1, 0.15) is 31.7 Å². The molecule has 0 aromatic carbocycles. The van der Waals surface area contributed by atoms with Crippen molar-refractivity contribution in [2.75, 3.05) is 31.1 Å². The number of imidazole rings is 1. The number of nitrogens with one attached hydrogen (secondary N) is 1. The van der Waals surface area contributed by atoms with Crippen LogP contribution in [0.4, 0.5) is 5.95 Å². The third kappa shape index (κ3) is 1.66. The van der Waals surface area contributed by atoms with Crippen LogP contribution in [0.5, 0.6) is 0 Å². The fraction of sp³-hybridized carbons (Fsp3) is 0.786. The van der Waals surface area contributed by atoms with E-state index in [4.69, 9.17) is 0 Å². The number of hydrogen-bond acceptors (Lipinski definition) is 3. The predicted molar refractivity (Wildman–Crippen MR) is 71.8 cm³/mol. The van der Waals surface area contributed by atoms with Gasteiger partial charge in [-0.05, 0) is 24.7 Å². The topological polar surface area (TPSA) is 33.1 Å². The van der Waals surface area contributed by atoms with Crippen LogP contribution in [0, 0.1) is 11.8 Å². The largest absolute Gasteiger partial charge is 0.342 e. The summed E-state index contributed by atoms with van der Waals surface area (Å²) >= 11 is 0. The smallest absolute Gasteiger partial charge is 0.205 e. The van der Waals surface area contributed by atoms with Crippen LogP contribution in [0.25, 0.3) is 0 Å². The molecule has 0 spiro atoms. The molecule has 1 saturated carbocycles. The molecule has 4 heteroatoms. The maximum absolute atomic E-state index is 4.64. The Kier molecular flexibility index (Phi) is 2.57. The lowest BCUT2D eigenvalue weighted by Crippen LogP contribution is -2.28. The first-order valence-electron chi connectivity index (χ1n) is 7.40. The first-order valence-corrected chi connectivity index (χ1v) is 7.40. The number of rotatable bonds is 2. The van der Waals surface area contributed by atoms with Gasteiger partial charge in [-0.1, -0.05) is 12.8 Å². The van der Waals surface area contributed by atoms with Gasteiger partial charge in [-0.2, -0.15) is 0 Å². The van der Waals surface area contributed by atoms with E-state index in [1.54, 1.807) is 0 Å². The first-order chi connectivity index (χ1) is 8.92. The van der Waals surface area contributed by atoms with Crippen molar-refractivity contribution in [3.8, 4) is 0 Å². The maximum Gasteiger partial charge on any atom is 0.205 e. The van der Waals surface area contributed by atoms with Crippen LogP contribution in [0.15, 0.2) is 12.4 Å². The average molecular weight is 246 g/mol. The molecule has 2 atom stereocenters. The summed E-state index contributed by atoms with van der Waals surface area (Å²) in [5, 5.41) is 3.51. The summed E-state index contributed by atoms with van der Waals surface area (Å²) in [5.41, 5.74) is 0. The lowest BCUT2D eigenvalue weighted by Gasteiger charge is -2.23. The number of fused-ring (bicyclic) bond motifs is 1. The van der Waals surface area contributed by atoms with Gasteiger partial charge in [0.1, 0.15) is 0 Å². The minimum Gasteiger partial charge on any atom is -0.342 e. The molecule has 0 amide bonds. The molecule has 3 aliphatic rings. The van der Waals surface area contributed by atoms with Gasteiger partial charge in [0.2, 0.25) is 5.95 Å². The molecule has 0 radical (unpaired) electrons. The van der Waals surface area contributed by atoms with Crippen LogP contribution < -0.4 is 10.2 Å². The summed E-state index contributed by atoms with van der Waals surface area (Å²) in [7, 11) is 0. The molecule has 4 nitrogen and oxygen atoms in total. The molecule has 0 bridgehead atoms. The lowest BCUT2D eigenvalue weighted by atomic mass is 10.0. The Labute approximate surface area is 108 Å². The molecule has 1 N–H and O–H groups in total. The quantitative estimate of drug-likeness (QED) is 0.861. The molecule has 98 valence electrons. The third-order valence-corrected chi connectivity index (χ3v) is 5.04. The molecule has 1 aromatic heterocycles. The average Bonchev–Trinajstić information content (AvgIpc) is 3.13. The van der Waals surface area contributed by atoms with Gasteiger partial charge in [-0.15, -0.1) is 0 Å². The fourth-order valence-electron chi connectivity index (χ4n) is 4.04. The molecule has 1 aliphatic carbocycles. The van der Waals surface area contributed by atoms with Gasteiger partial charge in [-0.25, -0.2) is 4.98 Å². The molecular formula is C14H22N4. The Balaban J connectivity index is 1.56. The van der Waals surface area contributed by atoms with Crippen molar-refractivity contribution in [1.29, 1.82) is 0 Å². The van der Waals surface area contributed by atoms with E-state index in [1.165, 1.54) is 57.8 Å². The van der Waals surface area contributed by atoms with Crippen LogP contribution in [0.2, 0.25) is 0 Å². The van der Waals surface area contributed by atoms with E-state index in [1.807, 2.05) is 6.20 Å². The molecule has 2 aliphatic heterocycles. The molecular weight excluding hydrogens is 224 g/mol. The zero-order valence-electron chi connectivity index (χ0n) is 10.9. The van der Waals surface area contributed by atoms with E-state index in [0.29, 0.717) is 6.04 Å². The van der Waals surface area contributed by atoms with Crippen LogP contribution in [0.3, 0.4) is 0 Å². The van der Waals surface area contributed by atoms with Gasteiger partial charge < -0.3 is 14.8 Å². The Morgan fingerprint density at radius 1 is 1.11 bits per heavy atom. The van der Waals surface area contributed by atoms with Crippen LogP contribution in [-0.4, -0.2) is 35.7 Å². The third-order valence-electron chi connectivity index (χ3n) is 5.04. The maximum atomic E-state index is 4.64. The number of aromatic nitrogens is 2. The van der Waals surface area contributed by atoms with E-state index >= 15 is 0 Å². The Hall–Kier alpha value is -1.03. The molecule has 3 fully saturated rings. The van der Waals surface area contributed by atoms with E-state index < -0.39 is 0 Å². The minimum atomic E-state index is 0.709. The first kappa shape index (κ1) is 10.9. The highest BCUT2D eigenvalue weighted by Crippen LogP contribution is 2.35. The van der Waals surface area contributed by atoms with E-state index in [2.05, 4.69) is 26.0 Å². The number of anilines is 1. The zero-order valence-corrected chi connectivity index (χ0v) is 10.9. The van der Waals surface area contributed by atoms with Gasteiger partial charge in [0.25, 0.3) is 0 Å². The summed E-state index contributed by atoms with van der Waals surface area (Å²) in [4.78, 5) is 7.16. The van der Waals surface area contributed by atoms with Gasteiger partial charge in [-0.3, -0.25) is 0 Å². The van der Waals surface area contributed by atoms with Crippen molar-refractivity contribution in [2.45, 2.75) is 31.7 Å². The SMILES string of the molecule is c1cn(C2CCCC2)c(N2C[C@H]3CNC[C@H]3C2)n1. The van der Waals surface area contributed by atoms with E-state index in [-0.39, 0.29) is 0 Å². The monoisotopic (exact) mass is 246 g/mol. The summed E-state index contributed by atoms with van der Waals surface area (Å²) < 4.78 is 2.45. The Morgan fingerprint density at radius 2 is 1.83 bits per heavy atom. The standard InChI is InChI=1S/C14H22N4/c1-2-4-13(3-1)18-6-5-16-14(18)17-9-11-7-15-8-12(11)10-17/h5-6,11-13,15H,1-4,7-10H2/t11-,12+. The van der Waals surface area contributed by atoms with Gasteiger partial charge >= 0.3 is 0 Å². The van der Waals surface area contributed by atoms with E-state index in [0.717, 1.165) is 11.8 Å². The zero-order chi connectivity index (χ0) is 11.9. The van der Waals surface area contributed by atoms with Crippen molar-refractivity contribution < 1.29 is 0 Å². The highest BCUT2D eigenvalue weighted by atomic mass is 15.3. The number of hydrogen-bond donors (Lipinski definition) is 1. The molecule has 3 heterocycles. The van der Waals surface area contributed by atoms with Gasteiger partial charge in [0, 0.05) is 44.6 Å². The van der Waals surface area contributed by atoms with Crippen molar-refractivity contribution in [2.24, 2.45) is 11.8 Å². The normalized spacial score (nSPS) is 32.3. The molecule has 1 aromatic rings. The summed E-state index contributed by atoms with van der Waals surface area (Å²) in [6, 6.07) is 0.709. The molecule has 18 heavy (non-hydrogen) atoms. The molecule has 4 rings (SSSR count). The van der Waals surface area contributed by atoms with Crippen LogP contribution >= 0.6 is 0 Å². The minimum absolute atomic E-state index is 0.709. The van der Waals surface area contributed by atoms with Crippen LogP contribution in [-0.2, 0) is 0 Å². The Bertz CT molecular complexity index is 409. The number of nitrogens with zero attached hydrogens (tertiary/aromatic N) is 3. The van der Waals surface area contributed by atoms with Crippen molar-refractivity contribution in [3.05, 3.63) is 12.4 Å². The van der Waals surface area contributed by atoms with Crippen molar-refractivity contribution in [1.82, 2.24) is 14.9 Å². The summed E-state index contributed by atoms with van der Waals surface area (Å²) in [6.07, 6.45) is 9.63. The van der Waals surface area contributed by atoms with Gasteiger partial charge in [0.05, 0.1) is 0 Å². The molecule has 0 unspecified atom stereocenters. The second kappa shape index (κ2) is 4.26. The summed E-state index contributed by atoms with van der Waals surface area (Å²) in [5.74, 6) is 2.92. The molecule has 2 saturated heterocycles. The van der Waals surface area contributed by atoms with Crippen molar-refractivity contribution >= 4 is 5.95 Å². The summed E-state index contributed by atoms with van der Waals surface area (Å²) in [6.45, 7) is 4.79. The predicted octanol–water partition coefficient (Wildman–Crippen LogP) is 1.65. The highest BCUT2D eigenvalue weighted by Gasteiger charge is 2.37. The van der Waals surface area contributed by atoms with Crippen molar-refractivity contribution in [3.63, 3.8) is 0 Å². The fourth-order valence-corrected chi connectivity index (χ4v) is 4.04. The van der Waals surface area contributed by atoms with Gasteiger partial charge in [0.15, 0.2) is 0 Å². The highest BCUT2D eigenvalue weighted by molar-refractivity contribution is 5.35. The lowest BCUT2D eigenvalue weighted by molar-refractivity contribution is 0.513. The van der Waals surface area contributed by atoms with E-state index in [9.17, 15) is 0 Å². The second-order valence-corrected chi connectivity index (χ2v) is 6.16. The second-order valence-electron chi connectivity index (χ2n) is 6.16.